The second-order valence-electron chi connectivity index (χ2n) is 9.04. The Balaban J connectivity index is 1.40. The fraction of sp³-hybridized carbons (Fsp3) is 0.520. The van der Waals surface area contributed by atoms with E-state index >= 15 is 0 Å². The molecule has 2 fully saturated rings. The molecule has 0 aliphatic carbocycles. The zero-order chi connectivity index (χ0) is 23.2. The quantitative estimate of drug-likeness (QED) is 0.521. The summed E-state index contributed by atoms with van der Waals surface area (Å²) < 4.78 is 17.4. The van der Waals surface area contributed by atoms with E-state index in [-0.39, 0.29) is 12.9 Å². The summed E-state index contributed by atoms with van der Waals surface area (Å²) in [6.45, 7) is 2.77. The normalized spacial score (nSPS) is 33.4. The Morgan fingerprint density at radius 3 is 2.61 bits per heavy atom. The van der Waals surface area contributed by atoms with Crippen LogP contribution in [0.3, 0.4) is 0 Å². The Morgan fingerprint density at radius 2 is 1.91 bits per heavy atom. The number of ether oxygens (including phenoxy) is 3. The van der Waals surface area contributed by atoms with Gasteiger partial charge in [0.2, 0.25) is 0 Å². The van der Waals surface area contributed by atoms with Crippen molar-refractivity contribution < 1.29 is 34.6 Å². The van der Waals surface area contributed by atoms with E-state index in [0.29, 0.717) is 13.0 Å². The molecule has 8 heteroatoms. The minimum Gasteiger partial charge on any atom is -0.465 e. The third-order valence-electron chi connectivity index (χ3n) is 6.80. The van der Waals surface area contributed by atoms with Gasteiger partial charge in [-0.1, -0.05) is 24.3 Å². The van der Waals surface area contributed by atoms with E-state index in [1.807, 2.05) is 30.3 Å². The molecule has 5 rings (SSSR count). The molecule has 0 bridgehead atoms. The fourth-order valence-corrected chi connectivity index (χ4v) is 6.44. The lowest BCUT2D eigenvalue weighted by Gasteiger charge is -2.45. The zero-order valence-electron chi connectivity index (χ0n) is 18.5. The maximum Gasteiger partial charge on any atom is 0.199 e. The topological polar surface area (TPSA) is 109 Å². The third kappa shape index (κ3) is 4.18. The van der Waals surface area contributed by atoms with Crippen LogP contribution in [-0.2, 0) is 27.4 Å². The summed E-state index contributed by atoms with van der Waals surface area (Å²) in [5, 5.41) is 40.7. The van der Waals surface area contributed by atoms with Gasteiger partial charge >= 0.3 is 0 Å². The summed E-state index contributed by atoms with van der Waals surface area (Å²) in [5.74, 6) is 0.785. The van der Waals surface area contributed by atoms with Gasteiger partial charge in [0.15, 0.2) is 11.2 Å². The molecule has 178 valence electrons. The van der Waals surface area contributed by atoms with E-state index in [1.165, 1.54) is 11.8 Å². The van der Waals surface area contributed by atoms with Gasteiger partial charge < -0.3 is 34.6 Å². The van der Waals surface area contributed by atoms with Crippen LogP contribution in [0.5, 0.6) is 5.75 Å². The SMILES string of the molecule is Cc1cc2c(cc1Cc1ccc(OC3CCCO3)cc1)[C@]1(OC2)S[C@H](CO)[C@@H](O)[C@H](O)[C@H]1O. The number of fused-ring (bicyclic) bond motifs is 2. The lowest BCUT2D eigenvalue weighted by Crippen LogP contribution is -2.58. The Bertz CT molecular complexity index is 989. The molecule has 1 unspecified atom stereocenters. The first-order chi connectivity index (χ1) is 15.9. The monoisotopic (exact) mass is 474 g/mol. The number of aryl methyl sites for hydroxylation is 1. The Hall–Kier alpha value is -1.65. The van der Waals surface area contributed by atoms with E-state index < -0.39 is 28.5 Å². The van der Waals surface area contributed by atoms with Gasteiger partial charge in [-0.25, -0.2) is 0 Å². The third-order valence-corrected chi connectivity index (χ3v) is 8.46. The van der Waals surface area contributed by atoms with Gasteiger partial charge in [0.1, 0.15) is 18.0 Å². The number of hydrogen-bond acceptors (Lipinski definition) is 8. The summed E-state index contributed by atoms with van der Waals surface area (Å²) in [6, 6.07) is 12.1. The Morgan fingerprint density at radius 1 is 1.12 bits per heavy atom. The van der Waals surface area contributed by atoms with Crippen molar-refractivity contribution in [3.05, 3.63) is 64.2 Å². The molecule has 33 heavy (non-hydrogen) atoms. The number of aliphatic hydroxyl groups excluding tert-OH is 4. The molecule has 0 saturated carbocycles. The van der Waals surface area contributed by atoms with Crippen LogP contribution < -0.4 is 4.74 Å². The van der Waals surface area contributed by atoms with Crippen LogP contribution in [0.15, 0.2) is 36.4 Å². The van der Waals surface area contributed by atoms with Crippen molar-refractivity contribution in [2.24, 2.45) is 0 Å². The molecule has 1 spiro atoms. The summed E-state index contributed by atoms with van der Waals surface area (Å²) in [7, 11) is 0. The van der Waals surface area contributed by atoms with Crippen LogP contribution in [0.2, 0.25) is 0 Å². The molecule has 0 amide bonds. The van der Waals surface area contributed by atoms with Crippen molar-refractivity contribution in [1.82, 2.24) is 0 Å². The largest absolute Gasteiger partial charge is 0.465 e. The summed E-state index contributed by atoms with van der Waals surface area (Å²) in [4.78, 5) is -1.22. The van der Waals surface area contributed by atoms with Gasteiger partial charge in [0, 0.05) is 12.0 Å². The van der Waals surface area contributed by atoms with Crippen molar-refractivity contribution in [3.63, 3.8) is 0 Å². The van der Waals surface area contributed by atoms with E-state index in [2.05, 4.69) is 13.0 Å². The van der Waals surface area contributed by atoms with Crippen LogP contribution >= 0.6 is 11.8 Å². The molecular formula is C25H30O7S. The number of rotatable bonds is 5. The smallest absolute Gasteiger partial charge is 0.199 e. The molecule has 3 aliphatic rings. The Kier molecular flexibility index (Phi) is 6.43. The van der Waals surface area contributed by atoms with E-state index in [4.69, 9.17) is 14.2 Å². The molecule has 2 saturated heterocycles. The maximum absolute atomic E-state index is 10.9. The standard InChI is InChI=1S/C25H30O7S/c1-14-9-17-13-31-25(24(29)23(28)22(27)20(12-26)33-25)19(17)11-16(14)10-15-4-6-18(7-5-15)32-21-3-2-8-30-21/h4-7,9,11,20-24,26-29H,2-3,8,10,12-13H2,1H3/t20-,21?,22-,23+,24-,25+/m1/s1. The zero-order valence-corrected chi connectivity index (χ0v) is 19.3. The van der Waals surface area contributed by atoms with E-state index in [9.17, 15) is 20.4 Å². The average Bonchev–Trinajstić information content (AvgIpc) is 3.45. The van der Waals surface area contributed by atoms with Crippen LogP contribution in [0.25, 0.3) is 0 Å². The highest BCUT2D eigenvalue weighted by atomic mass is 32.2. The van der Waals surface area contributed by atoms with E-state index in [0.717, 1.165) is 53.0 Å². The van der Waals surface area contributed by atoms with E-state index in [1.54, 1.807) is 0 Å². The van der Waals surface area contributed by atoms with Gasteiger partial charge in [-0.15, -0.1) is 11.8 Å². The van der Waals surface area contributed by atoms with Crippen LogP contribution in [0.1, 0.15) is 40.7 Å². The molecule has 3 heterocycles. The molecule has 2 aromatic carbocycles. The van der Waals surface area contributed by atoms with Crippen molar-refractivity contribution in [3.8, 4) is 5.75 Å². The molecule has 6 atom stereocenters. The maximum atomic E-state index is 10.9. The van der Waals surface area contributed by atoms with Gasteiger partial charge in [-0.3, -0.25) is 0 Å². The van der Waals surface area contributed by atoms with Gasteiger partial charge in [0.05, 0.1) is 31.2 Å². The first-order valence-corrected chi connectivity index (χ1v) is 12.3. The van der Waals surface area contributed by atoms with Crippen LogP contribution in [-0.4, -0.2) is 63.5 Å². The van der Waals surface area contributed by atoms with Gasteiger partial charge in [-0.2, -0.15) is 0 Å². The van der Waals surface area contributed by atoms with Gasteiger partial charge in [-0.05, 0) is 54.2 Å². The second-order valence-corrected chi connectivity index (χ2v) is 10.5. The number of hydrogen-bond donors (Lipinski definition) is 4. The predicted molar refractivity (Wildman–Crippen MR) is 123 cm³/mol. The number of aliphatic hydroxyl groups is 4. The lowest BCUT2D eigenvalue weighted by molar-refractivity contribution is -0.147. The molecule has 2 aromatic rings. The number of benzene rings is 2. The van der Waals surface area contributed by atoms with Crippen molar-refractivity contribution in [2.45, 2.75) is 67.6 Å². The minimum atomic E-state index is -1.41. The molecule has 0 aromatic heterocycles. The summed E-state index contributed by atoms with van der Waals surface area (Å²) >= 11 is 1.18. The summed E-state index contributed by atoms with van der Waals surface area (Å²) in [5.41, 5.74) is 5.06. The van der Waals surface area contributed by atoms with Gasteiger partial charge in [0.25, 0.3) is 0 Å². The summed E-state index contributed by atoms with van der Waals surface area (Å²) in [6.07, 6.45) is -1.50. The van der Waals surface area contributed by atoms with Crippen molar-refractivity contribution in [1.29, 1.82) is 0 Å². The highest BCUT2D eigenvalue weighted by Gasteiger charge is 2.57. The molecular weight excluding hydrogens is 444 g/mol. The van der Waals surface area contributed by atoms with Crippen LogP contribution in [0, 0.1) is 6.92 Å². The second kappa shape index (κ2) is 9.19. The highest BCUT2D eigenvalue weighted by molar-refractivity contribution is 8.00. The first-order valence-electron chi connectivity index (χ1n) is 11.4. The predicted octanol–water partition coefficient (Wildman–Crippen LogP) is 1.97. The Labute approximate surface area is 197 Å². The number of thioether (sulfide) groups is 1. The fourth-order valence-electron chi connectivity index (χ4n) is 4.89. The van der Waals surface area contributed by atoms with Crippen molar-refractivity contribution in [2.75, 3.05) is 13.2 Å². The first kappa shape index (κ1) is 23.1. The molecule has 3 aliphatic heterocycles. The van der Waals surface area contributed by atoms with Crippen LogP contribution in [0.4, 0.5) is 0 Å². The minimum absolute atomic E-state index is 0.165. The molecule has 4 N–H and O–H groups in total. The van der Waals surface area contributed by atoms with Crippen molar-refractivity contribution >= 4 is 11.8 Å². The average molecular weight is 475 g/mol. The lowest BCUT2D eigenvalue weighted by atomic mass is 9.89. The highest BCUT2D eigenvalue weighted by Crippen LogP contribution is 2.54. The molecule has 0 radical (unpaired) electrons. The molecule has 7 nitrogen and oxygen atoms in total.